The topological polar surface area (TPSA) is 46.9 Å². The van der Waals surface area contributed by atoms with Gasteiger partial charge < -0.3 is 5.32 Å². The van der Waals surface area contributed by atoms with Crippen LogP contribution < -0.4 is 5.32 Å². The molecule has 1 aromatic heterocycles. The predicted molar refractivity (Wildman–Crippen MR) is 123 cm³/mol. The van der Waals surface area contributed by atoms with E-state index in [4.69, 9.17) is 11.6 Å². The van der Waals surface area contributed by atoms with E-state index in [-0.39, 0.29) is 23.4 Å². The second-order valence-corrected chi connectivity index (χ2v) is 8.37. The third-order valence-electron chi connectivity index (χ3n) is 5.44. The van der Waals surface area contributed by atoms with E-state index in [1.807, 2.05) is 66.7 Å². The first-order chi connectivity index (χ1) is 15.8. The van der Waals surface area contributed by atoms with Crippen molar-refractivity contribution in [2.24, 2.45) is 0 Å². The number of benzene rings is 2. The molecule has 4 rings (SSSR count). The molecule has 8 heteroatoms. The number of hydrogen-bond acceptors (Lipinski definition) is 2. The second kappa shape index (κ2) is 9.83. The molecule has 0 saturated heterocycles. The molecule has 1 N–H and O–H groups in total. The van der Waals surface area contributed by atoms with Gasteiger partial charge in [-0.2, -0.15) is 18.3 Å². The van der Waals surface area contributed by atoms with Gasteiger partial charge in [-0.05, 0) is 36.5 Å². The van der Waals surface area contributed by atoms with E-state index in [0.29, 0.717) is 24.2 Å². The number of alkyl halides is 3. The second-order valence-electron chi connectivity index (χ2n) is 7.99. The molecule has 1 fully saturated rings. The largest absolute Gasteiger partial charge is 0.436 e. The van der Waals surface area contributed by atoms with E-state index in [9.17, 15) is 18.0 Å². The Hall–Kier alpha value is -3.06. The summed E-state index contributed by atoms with van der Waals surface area (Å²) in [5.74, 6) is -0.226. The number of aromatic nitrogens is 2. The summed E-state index contributed by atoms with van der Waals surface area (Å²) in [7, 11) is 0. The molecular formula is C25H23ClF3N3O. The van der Waals surface area contributed by atoms with Crippen LogP contribution in [0.4, 0.5) is 13.2 Å². The van der Waals surface area contributed by atoms with Crippen LogP contribution in [0.1, 0.15) is 47.7 Å². The van der Waals surface area contributed by atoms with Crippen molar-refractivity contribution >= 4 is 29.2 Å². The average molecular weight is 474 g/mol. The minimum absolute atomic E-state index is 0.0224. The van der Waals surface area contributed by atoms with Crippen LogP contribution in [0.3, 0.4) is 0 Å². The molecule has 1 amide bonds. The number of carbonyl (C=O) groups is 1. The molecule has 2 aromatic carbocycles. The number of amides is 1. The highest BCUT2D eigenvalue weighted by Gasteiger charge is 2.41. The van der Waals surface area contributed by atoms with E-state index < -0.39 is 11.9 Å². The zero-order valence-electron chi connectivity index (χ0n) is 17.8. The van der Waals surface area contributed by atoms with Crippen molar-refractivity contribution in [1.82, 2.24) is 15.1 Å². The number of nitrogens with one attached hydrogen (secondary N) is 1. The standard InChI is InChI=1S/C25H23ClF3N3O/c26-21-22(19-12-13-19)32(31-23(21)25(27,28)29)15-7-14-30-24(33)20(18-10-5-2-6-11-18)16-17-8-3-1-4-9-17/h1-6,8-11,16,19H,7,12-15H2,(H,30,33)/b20-16-. The highest BCUT2D eigenvalue weighted by molar-refractivity contribution is 6.32. The lowest BCUT2D eigenvalue weighted by Crippen LogP contribution is -2.26. The maximum Gasteiger partial charge on any atom is 0.436 e. The van der Waals surface area contributed by atoms with Gasteiger partial charge in [-0.1, -0.05) is 72.3 Å². The molecular weight excluding hydrogens is 451 g/mol. The molecule has 0 atom stereocenters. The van der Waals surface area contributed by atoms with Crippen LogP contribution in [0, 0.1) is 0 Å². The third kappa shape index (κ3) is 5.66. The molecule has 33 heavy (non-hydrogen) atoms. The van der Waals surface area contributed by atoms with Gasteiger partial charge in [-0.15, -0.1) is 0 Å². The van der Waals surface area contributed by atoms with Gasteiger partial charge >= 0.3 is 6.18 Å². The Morgan fingerprint density at radius 1 is 1.09 bits per heavy atom. The van der Waals surface area contributed by atoms with Crippen molar-refractivity contribution in [2.45, 2.75) is 37.9 Å². The lowest BCUT2D eigenvalue weighted by atomic mass is 10.0. The van der Waals surface area contributed by atoms with Gasteiger partial charge in [-0.25, -0.2) is 0 Å². The summed E-state index contributed by atoms with van der Waals surface area (Å²) < 4.78 is 41.0. The minimum atomic E-state index is -4.59. The van der Waals surface area contributed by atoms with Crippen molar-refractivity contribution in [2.75, 3.05) is 6.54 Å². The van der Waals surface area contributed by atoms with Crippen LogP contribution in [0.25, 0.3) is 11.6 Å². The fraction of sp³-hybridized carbons (Fsp3) is 0.280. The summed E-state index contributed by atoms with van der Waals surface area (Å²) in [6.45, 7) is 0.533. The molecule has 0 radical (unpaired) electrons. The van der Waals surface area contributed by atoms with Gasteiger partial charge in [0.25, 0.3) is 5.91 Å². The van der Waals surface area contributed by atoms with Crippen molar-refractivity contribution in [1.29, 1.82) is 0 Å². The summed E-state index contributed by atoms with van der Waals surface area (Å²) in [5.41, 5.74) is 1.61. The third-order valence-corrected chi connectivity index (χ3v) is 5.81. The van der Waals surface area contributed by atoms with Crippen molar-refractivity contribution < 1.29 is 18.0 Å². The Kier molecular flexibility index (Phi) is 6.88. The summed E-state index contributed by atoms with van der Waals surface area (Å²) >= 11 is 6.02. The van der Waals surface area contributed by atoms with Gasteiger partial charge in [0.1, 0.15) is 0 Å². The molecule has 0 unspecified atom stereocenters. The van der Waals surface area contributed by atoms with E-state index in [1.165, 1.54) is 4.68 Å². The van der Waals surface area contributed by atoms with Crippen molar-refractivity contribution in [3.8, 4) is 0 Å². The number of nitrogens with zero attached hydrogens (tertiary/aromatic N) is 2. The van der Waals surface area contributed by atoms with Crippen LogP contribution in [0.5, 0.6) is 0 Å². The Morgan fingerprint density at radius 3 is 2.33 bits per heavy atom. The Morgan fingerprint density at radius 2 is 1.73 bits per heavy atom. The first-order valence-electron chi connectivity index (χ1n) is 10.8. The lowest BCUT2D eigenvalue weighted by Gasteiger charge is -2.11. The number of rotatable bonds is 8. The number of aryl methyl sites for hydroxylation is 1. The maximum absolute atomic E-state index is 13.2. The number of carbonyl (C=O) groups excluding carboxylic acids is 1. The van der Waals surface area contributed by atoms with Gasteiger partial charge in [-0.3, -0.25) is 9.48 Å². The molecule has 1 aliphatic rings. The van der Waals surface area contributed by atoms with Gasteiger partial charge in [0.2, 0.25) is 0 Å². The van der Waals surface area contributed by atoms with E-state index in [1.54, 1.807) is 0 Å². The SMILES string of the molecule is O=C(NCCCn1nc(C(F)(F)F)c(Cl)c1C1CC1)/C(=C\c1ccccc1)c1ccccc1. The highest BCUT2D eigenvalue weighted by atomic mass is 35.5. The fourth-order valence-corrected chi connectivity index (χ4v) is 4.09. The first-order valence-corrected chi connectivity index (χ1v) is 11.2. The van der Waals surface area contributed by atoms with E-state index in [2.05, 4.69) is 10.4 Å². The van der Waals surface area contributed by atoms with Gasteiger partial charge in [0.05, 0.1) is 10.7 Å². The first kappa shape index (κ1) is 23.1. The van der Waals surface area contributed by atoms with Crippen LogP contribution >= 0.6 is 11.6 Å². The summed E-state index contributed by atoms with van der Waals surface area (Å²) in [6, 6.07) is 18.8. The summed E-state index contributed by atoms with van der Waals surface area (Å²) in [5, 5.41) is 6.32. The number of hydrogen-bond donors (Lipinski definition) is 1. The minimum Gasteiger partial charge on any atom is -0.352 e. The molecule has 4 nitrogen and oxygen atoms in total. The molecule has 1 aliphatic carbocycles. The molecule has 1 heterocycles. The smallest absolute Gasteiger partial charge is 0.352 e. The van der Waals surface area contributed by atoms with Gasteiger partial charge in [0, 0.05) is 24.6 Å². The molecule has 0 aliphatic heterocycles. The quantitative estimate of drug-likeness (QED) is 0.241. The van der Waals surface area contributed by atoms with Gasteiger partial charge in [0.15, 0.2) is 5.69 Å². The normalized spacial score (nSPS) is 14.4. The zero-order valence-corrected chi connectivity index (χ0v) is 18.5. The Balaban J connectivity index is 1.44. The summed E-state index contributed by atoms with van der Waals surface area (Å²) in [4.78, 5) is 13.0. The monoisotopic (exact) mass is 473 g/mol. The highest BCUT2D eigenvalue weighted by Crippen LogP contribution is 2.46. The molecule has 172 valence electrons. The van der Waals surface area contributed by atoms with Crippen molar-refractivity contribution in [3.63, 3.8) is 0 Å². The fourth-order valence-electron chi connectivity index (χ4n) is 3.69. The van der Waals surface area contributed by atoms with Crippen LogP contribution in [0.15, 0.2) is 60.7 Å². The average Bonchev–Trinajstić information content (AvgIpc) is 3.58. The molecule has 3 aromatic rings. The van der Waals surface area contributed by atoms with E-state index in [0.717, 1.165) is 24.0 Å². The van der Waals surface area contributed by atoms with Crippen LogP contribution in [-0.4, -0.2) is 22.2 Å². The van der Waals surface area contributed by atoms with Crippen molar-refractivity contribution in [3.05, 3.63) is 88.2 Å². The molecule has 1 saturated carbocycles. The molecule has 0 bridgehead atoms. The van der Waals surface area contributed by atoms with Crippen LogP contribution in [-0.2, 0) is 17.5 Å². The Labute approximate surface area is 195 Å². The van der Waals surface area contributed by atoms with E-state index >= 15 is 0 Å². The Bertz CT molecular complexity index is 1140. The van der Waals surface area contributed by atoms with Crippen LogP contribution in [0.2, 0.25) is 5.02 Å². The predicted octanol–water partition coefficient (Wildman–Crippen LogP) is 6.18. The lowest BCUT2D eigenvalue weighted by molar-refractivity contribution is -0.141. The summed E-state index contributed by atoms with van der Waals surface area (Å²) in [6.07, 6.45) is -0.728. The zero-order chi connectivity index (χ0) is 23.4. The molecule has 0 spiro atoms. The number of halogens is 4. The maximum atomic E-state index is 13.2.